The number of carbonyl (C=O) groups excluding carboxylic acids is 1. The number of morpholine rings is 1. The minimum atomic E-state index is -0.107. The molecular weight excluding hydrogens is 402 g/mol. The molecule has 30 heavy (non-hydrogen) atoms. The van der Waals surface area contributed by atoms with Crippen LogP contribution in [0.2, 0.25) is 5.02 Å². The van der Waals surface area contributed by atoms with Gasteiger partial charge in [-0.05, 0) is 44.5 Å². The number of hydrogen-bond donors (Lipinski definition) is 1. The summed E-state index contributed by atoms with van der Waals surface area (Å²) in [5, 5.41) is 9.18. The molecule has 2 aromatic heterocycles. The van der Waals surface area contributed by atoms with E-state index >= 15 is 0 Å². The summed E-state index contributed by atoms with van der Waals surface area (Å²) in [4.78, 5) is 20.0. The Labute approximate surface area is 181 Å². The summed E-state index contributed by atoms with van der Waals surface area (Å²) in [6.07, 6.45) is 0. The maximum atomic E-state index is 13.0. The van der Waals surface area contributed by atoms with Crippen LogP contribution in [0.1, 0.15) is 27.3 Å². The van der Waals surface area contributed by atoms with E-state index < -0.39 is 0 Å². The molecule has 158 valence electrons. The molecule has 1 aliphatic heterocycles. The molecule has 0 radical (unpaired) electrons. The third kappa shape index (κ3) is 4.05. The van der Waals surface area contributed by atoms with Gasteiger partial charge in [0.2, 0.25) is 0 Å². The number of hydrogen-bond acceptors (Lipinski definition) is 5. The number of rotatable bonds is 5. The Morgan fingerprint density at radius 2 is 2.00 bits per heavy atom. The first-order valence-electron chi connectivity index (χ1n) is 10.2. The summed E-state index contributed by atoms with van der Waals surface area (Å²) in [6, 6.07) is 7.53. The van der Waals surface area contributed by atoms with Crippen LogP contribution in [0.15, 0.2) is 24.3 Å². The lowest BCUT2D eigenvalue weighted by atomic mass is 10.1. The van der Waals surface area contributed by atoms with Gasteiger partial charge in [-0.15, -0.1) is 0 Å². The minimum Gasteiger partial charge on any atom is -0.379 e. The predicted molar refractivity (Wildman–Crippen MR) is 118 cm³/mol. The first-order chi connectivity index (χ1) is 14.5. The molecule has 3 heterocycles. The van der Waals surface area contributed by atoms with Gasteiger partial charge in [0, 0.05) is 36.9 Å². The molecule has 4 rings (SSSR count). The Morgan fingerprint density at radius 1 is 1.23 bits per heavy atom. The van der Waals surface area contributed by atoms with Gasteiger partial charge < -0.3 is 10.1 Å². The Balaban J connectivity index is 1.65. The van der Waals surface area contributed by atoms with E-state index in [1.165, 1.54) is 0 Å². The van der Waals surface area contributed by atoms with Gasteiger partial charge in [-0.3, -0.25) is 9.69 Å². The second kappa shape index (κ2) is 8.71. The molecule has 0 atom stereocenters. The van der Waals surface area contributed by atoms with E-state index in [4.69, 9.17) is 26.4 Å². The molecule has 8 heteroatoms. The van der Waals surface area contributed by atoms with Crippen LogP contribution in [0.3, 0.4) is 0 Å². The highest BCUT2D eigenvalue weighted by Gasteiger charge is 2.20. The van der Waals surface area contributed by atoms with Crippen LogP contribution in [-0.4, -0.2) is 65.0 Å². The quantitative estimate of drug-likeness (QED) is 0.677. The van der Waals surface area contributed by atoms with Crippen molar-refractivity contribution < 1.29 is 9.53 Å². The van der Waals surface area contributed by atoms with E-state index in [9.17, 15) is 4.79 Å². The Bertz CT molecular complexity index is 1090. The third-order valence-corrected chi connectivity index (χ3v) is 5.88. The van der Waals surface area contributed by atoms with Gasteiger partial charge in [0.1, 0.15) is 0 Å². The van der Waals surface area contributed by atoms with E-state index in [1.807, 2.05) is 45.0 Å². The van der Waals surface area contributed by atoms with Gasteiger partial charge in [-0.25, -0.2) is 9.67 Å². The van der Waals surface area contributed by atoms with Crippen molar-refractivity contribution in [3.63, 3.8) is 0 Å². The van der Waals surface area contributed by atoms with Crippen LogP contribution in [0, 0.1) is 20.8 Å². The number of pyridine rings is 1. The molecule has 1 aliphatic rings. The van der Waals surface area contributed by atoms with E-state index in [2.05, 4.69) is 10.2 Å². The zero-order chi connectivity index (χ0) is 21.3. The fourth-order valence-electron chi connectivity index (χ4n) is 3.83. The van der Waals surface area contributed by atoms with Gasteiger partial charge in [-0.2, -0.15) is 5.10 Å². The van der Waals surface area contributed by atoms with Gasteiger partial charge in [-0.1, -0.05) is 17.7 Å². The van der Waals surface area contributed by atoms with E-state index in [0.29, 0.717) is 22.8 Å². The van der Waals surface area contributed by atoms with Crippen LogP contribution in [-0.2, 0) is 4.74 Å². The summed E-state index contributed by atoms with van der Waals surface area (Å²) in [7, 11) is 0. The van der Waals surface area contributed by atoms with Crippen LogP contribution >= 0.6 is 11.6 Å². The lowest BCUT2D eigenvalue weighted by Crippen LogP contribution is -2.41. The molecule has 0 saturated carbocycles. The highest BCUT2D eigenvalue weighted by atomic mass is 35.5. The number of fused-ring (bicyclic) bond motifs is 1. The van der Waals surface area contributed by atoms with E-state index in [-0.39, 0.29) is 5.91 Å². The molecule has 0 spiro atoms. The summed E-state index contributed by atoms with van der Waals surface area (Å²) >= 11 is 6.32. The number of aryl methyl sites for hydroxylation is 2. The fraction of sp³-hybridized carbons (Fsp3) is 0.409. The second-order valence-corrected chi connectivity index (χ2v) is 8.01. The highest BCUT2D eigenvalue weighted by molar-refractivity contribution is 6.31. The van der Waals surface area contributed by atoms with Crippen molar-refractivity contribution in [3.8, 4) is 5.69 Å². The number of nitrogens with zero attached hydrogens (tertiary/aromatic N) is 4. The van der Waals surface area contributed by atoms with Crippen LogP contribution in [0.4, 0.5) is 0 Å². The molecule has 0 aliphatic carbocycles. The van der Waals surface area contributed by atoms with Crippen molar-refractivity contribution in [1.29, 1.82) is 0 Å². The van der Waals surface area contributed by atoms with Crippen molar-refractivity contribution in [1.82, 2.24) is 25.0 Å². The summed E-state index contributed by atoms with van der Waals surface area (Å²) in [5.74, 6) is -0.107. The van der Waals surface area contributed by atoms with Gasteiger partial charge in [0.25, 0.3) is 5.91 Å². The molecule has 0 bridgehead atoms. The lowest BCUT2D eigenvalue weighted by molar-refractivity contribution is 0.0383. The van der Waals surface area contributed by atoms with Gasteiger partial charge >= 0.3 is 0 Å². The normalized spacial score (nSPS) is 14.9. The zero-order valence-electron chi connectivity index (χ0n) is 17.5. The first kappa shape index (κ1) is 20.8. The molecule has 1 saturated heterocycles. The lowest BCUT2D eigenvalue weighted by Gasteiger charge is -2.26. The average molecular weight is 428 g/mol. The summed E-state index contributed by atoms with van der Waals surface area (Å²) in [6.45, 7) is 10.4. The zero-order valence-corrected chi connectivity index (χ0v) is 18.3. The SMILES string of the molecule is Cc1cc(C(=O)NCCN2CCOCC2)c2c(C)nn(-c3cccc(Cl)c3C)c2n1. The Hall–Kier alpha value is -2.48. The largest absolute Gasteiger partial charge is 0.379 e. The first-order valence-corrected chi connectivity index (χ1v) is 10.5. The monoisotopic (exact) mass is 427 g/mol. The topological polar surface area (TPSA) is 72.3 Å². The third-order valence-electron chi connectivity index (χ3n) is 5.47. The van der Waals surface area contributed by atoms with E-state index in [0.717, 1.165) is 60.9 Å². The number of carbonyl (C=O) groups is 1. The molecule has 1 N–H and O–H groups in total. The van der Waals surface area contributed by atoms with Gasteiger partial charge in [0.15, 0.2) is 5.65 Å². The summed E-state index contributed by atoms with van der Waals surface area (Å²) in [5.41, 5.74) is 4.57. The molecule has 1 aromatic carbocycles. The standard InChI is InChI=1S/C22H26ClN5O2/c1-14-13-17(22(29)24-7-8-27-9-11-30-12-10-27)20-16(3)26-28(21(20)25-14)19-6-4-5-18(23)15(19)2/h4-6,13H,7-12H2,1-3H3,(H,24,29). The molecule has 1 fully saturated rings. The van der Waals surface area contributed by atoms with E-state index in [1.54, 1.807) is 4.68 Å². The molecule has 1 amide bonds. The van der Waals surface area contributed by atoms with Crippen molar-refractivity contribution in [2.24, 2.45) is 0 Å². The summed E-state index contributed by atoms with van der Waals surface area (Å²) < 4.78 is 7.15. The molecule has 7 nitrogen and oxygen atoms in total. The molecule has 0 unspecified atom stereocenters. The number of nitrogens with one attached hydrogen (secondary N) is 1. The van der Waals surface area contributed by atoms with Crippen LogP contribution < -0.4 is 5.32 Å². The second-order valence-electron chi connectivity index (χ2n) is 7.60. The minimum absolute atomic E-state index is 0.107. The molecule has 3 aromatic rings. The Kier molecular flexibility index (Phi) is 6.04. The fourth-order valence-corrected chi connectivity index (χ4v) is 4.00. The van der Waals surface area contributed by atoms with Gasteiger partial charge in [0.05, 0.1) is 35.5 Å². The van der Waals surface area contributed by atoms with Crippen molar-refractivity contribution >= 4 is 28.5 Å². The average Bonchev–Trinajstić information content (AvgIpc) is 3.06. The maximum Gasteiger partial charge on any atom is 0.252 e. The Morgan fingerprint density at radius 3 is 2.77 bits per heavy atom. The van der Waals surface area contributed by atoms with Crippen LogP contribution in [0.5, 0.6) is 0 Å². The van der Waals surface area contributed by atoms with Crippen molar-refractivity contribution in [2.75, 3.05) is 39.4 Å². The number of amides is 1. The van der Waals surface area contributed by atoms with Crippen LogP contribution in [0.25, 0.3) is 16.7 Å². The maximum absolute atomic E-state index is 13.0. The number of halogens is 1. The highest BCUT2D eigenvalue weighted by Crippen LogP contribution is 2.28. The number of benzene rings is 1. The smallest absolute Gasteiger partial charge is 0.252 e. The van der Waals surface area contributed by atoms with Crippen molar-refractivity contribution in [2.45, 2.75) is 20.8 Å². The number of ether oxygens (including phenoxy) is 1. The molecular formula is C22H26ClN5O2. The number of aromatic nitrogens is 3. The predicted octanol–water partition coefficient (Wildman–Crippen LogP) is 3.06. The van der Waals surface area contributed by atoms with Crippen molar-refractivity contribution in [3.05, 3.63) is 51.8 Å².